The van der Waals surface area contributed by atoms with Gasteiger partial charge in [0.2, 0.25) is 0 Å². The van der Waals surface area contributed by atoms with Gasteiger partial charge in [-0.05, 0) is 37.1 Å². The minimum absolute atomic E-state index is 0. The maximum atomic E-state index is 13.8. The molecule has 1 unspecified atom stereocenters. The Morgan fingerprint density at radius 1 is 1.42 bits per heavy atom. The molecule has 0 radical (unpaired) electrons. The smallest absolute Gasteiger partial charge is 0.126 e. The summed E-state index contributed by atoms with van der Waals surface area (Å²) in [5.41, 5.74) is 1.58. The molecule has 0 amide bonds. The predicted molar refractivity (Wildman–Crippen MR) is 78.8 cm³/mol. The van der Waals surface area contributed by atoms with Crippen LogP contribution in [0.4, 0.5) is 4.39 Å². The maximum Gasteiger partial charge on any atom is 0.126 e. The highest BCUT2D eigenvalue weighted by Gasteiger charge is 2.39. The number of benzene rings is 1. The first-order chi connectivity index (χ1) is 8.72. The Labute approximate surface area is 122 Å². The Morgan fingerprint density at radius 3 is 2.84 bits per heavy atom. The van der Waals surface area contributed by atoms with Crippen molar-refractivity contribution in [2.45, 2.75) is 18.8 Å². The molecule has 1 aliphatic heterocycles. The molecule has 1 N–H and O–H groups in total. The van der Waals surface area contributed by atoms with Gasteiger partial charge in [0, 0.05) is 18.1 Å². The van der Waals surface area contributed by atoms with Crippen molar-refractivity contribution in [2.75, 3.05) is 13.1 Å². The van der Waals surface area contributed by atoms with Crippen LogP contribution in [0.15, 0.2) is 29.8 Å². The second-order valence-corrected chi connectivity index (χ2v) is 5.70. The van der Waals surface area contributed by atoms with E-state index in [1.807, 2.05) is 23.7 Å². The molecule has 2 aromatic rings. The minimum atomic E-state index is -0.150. The summed E-state index contributed by atoms with van der Waals surface area (Å²) in [6.45, 7) is 3.58. The third-order valence-electron chi connectivity index (χ3n) is 3.72. The molecule has 102 valence electrons. The average molecular weight is 299 g/mol. The lowest BCUT2D eigenvalue weighted by Crippen LogP contribution is -2.30. The van der Waals surface area contributed by atoms with E-state index in [0.29, 0.717) is 5.56 Å². The van der Waals surface area contributed by atoms with E-state index in [1.165, 1.54) is 0 Å². The van der Waals surface area contributed by atoms with E-state index in [0.717, 1.165) is 30.1 Å². The molecule has 1 fully saturated rings. The topological polar surface area (TPSA) is 24.9 Å². The number of nitrogens with one attached hydrogen (secondary N) is 1. The molecular weight excluding hydrogens is 283 g/mol. The van der Waals surface area contributed by atoms with E-state index < -0.39 is 0 Å². The summed E-state index contributed by atoms with van der Waals surface area (Å²) < 4.78 is 13.8. The van der Waals surface area contributed by atoms with Crippen LogP contribution in [0.2, 0.25) is 0 Å². The van der Waals surface area contributed by atoms with Gasteiger partial charge in [0.15, 0.2) is 0 Å². The lowest BCUT2D eigenvalue weighted by Gasteiger charge is -2.26. The van der Waals surface area contributed by atoms with Crippen LogP contribution in [0.25, 0.3) is 0 Å². The summed E-state index contributed by atoms with van der Waals surface area (Å²) in [5.74, 6) is -0.129. The van der Waals surface area contributed by atoms with Crippen molar-refractivity contribution in [3.8, 4) is 0 Å². The van der Waals surface area contributed by atoms with Crippen LogP contribution in [-0.4, -0.2) is 18.1 Å². The van der Waals surface area contributed by atoms with Crippen LogP contribution in [0, 0.1) is 12.7 Å². The molecule has 2 nitrogen and oxygen atoms in total. The summed E-state index contributed by atoms with van der Waals surface area (Å²) in [5, 5.41) is 6.44. The van der Waals surface area contributed by atoms with Crippen molar-refractivity contribution >= 4 is 23.7 Å². The van der Waals surface area contributed by atoms with Gasteiger partial charge in [0.05, 0.1) is 5.41 Å². The highest BCUT2D eigenvalue weighted by molar-refractivity contribution is 7.09. The van der Waals surface area contributed by atoms with E-state index in [-0.39, 0.29) is 23.6 Å². The maximum absolute atomic E-state index is 13.8. The largest absolute Gasteiger partial charge is 0.315 e. The summed E-state index contributed by atoms with van der Waals surface area (Å²) >= 11 is 1.65. The standard InChI is InChI=1S/C14H15FN2S.ClH/c1-10-2-3-11(8-12(10)15)14(4-5-16-9-14)13-17-6-7-18-13;/h2-3,6-8,16H,4-5,9H2,1H3;1H. The number of hydrogen-bond acceptors (Lipinski definition) is 3. The monoisotopic (exact) mass is 298 g/mol. The molecule has 1 aromatic heterocycles. The molecule has 1 aromatic carbocycles. The van der Waals surface area contributed by atoms with E-state index in [1.54, 1.807) is 24.3 Å². The highest BCUT2D eigenvalue weighted by Crippen LogP contribution is 2.39. The van der Waals surface area contributed by atoms with Gasteiger partial charge in [-0.2, -0.15) is 0 Å². The van der Waals surface area contributed by atoms with Gasteiger partial charge in [0.1, 0.15) is 10.8 Å². The van der Waals surface area contributed by atoms with E-state index in [2.05, 4.69) is 10.3 Å². The van der Waals surface area contributed by atoms with Gasteiger partial charge < -0.3 is 5.32 Å². The molecule has 0 spiro atoms. The number of hydrogen-bond donors (Lipinski definition) is 1. The fourth-order valence-corrected chi connectivity index (χ4v) is 3.48. The van der Waals surface area contributed by atoms with Crippen molar-refractivity contribution < 1.29 is 4.39 Å². The molecule has 0 bridgehead atoms. The van der Waals surface area contributed by atoms with Gasteiger partial charge in [0.25, 0.3) is 0 Å². The van der Waals surface area contributed by atoms with E-state index >= 15 is 0 Å². The van der Waals surface area contributed by atoms with Gasteiger partial charge in [-0.25, -0.2) is 9.37 Å². The van der Waals surface area contributed by atoms with Gasteiger partial charge in [-0.15, -0.1) is 23.7 Å². The van der Waals surface area contributed by atoms with Crippen LogP contribution in [0.1, 0.15) is 22.6 Å². The first-order valence-electron chi connectivity index (χ1n) is 6.10. The number of rotatable bonds is 2. The molecule has 2 heterocycles. The Morgan fingerprint density at radius 2 is 2.26 bits per heavy atom. The minimum Gasteiger partial charge on any atom is -0.315 e. The second kappa shape index (κ2) is 5.57. The summed E-state index contributed by atoms with van der Waals surface area (Å²) in [6, 6.07) is 5.56. The lowest BCUT2D eigenvalue weighted by molar-refractivity contribution is 0.552. The van der Waals surface area contributed by atoms with Gasteiger partial charge in [-0.3, -0.25) is 0 Å². The van der Waals surface area contributed by atoms with Gasteiger partial charge >= 0.3 is 0 Å². The van der Waals surface area contributed by atoms with Crippen molar-refractivity contribution in [2.24, 2.45) is 0 Å². The molecule has 1 saturated heterocycles. The van der Waals surface area contributed by atoms with Crippen LogP contribution in [-0.2, 0) is 5.41 Å². The number of nitrogens with zero attached hydrogens (tertiary/aromatic N) is 1. The van der Waals surface area contributed by atoms with Crippen LogP contribution < -0.4 is 5.32 Å². The molecule has 0 saturated carbocycles. The normalized spacial score (nSPS) is 22.2. The Hall–Kier alpha value is -0.970. The molecule has 5 heteroatoms. The molecule has 19 heavy (non-hydrogen) atoms. The predicted octanol–water partition coefficient (Wildman–Crippen LogP) is 3.29. The lowest BCUT2D eigenvalue weighted by atomic mass is 9.80. The molecule has 0 aliphatic carbocycles. The summed E-state index contributed by atoms with van der Waals surface area (Å²) in [4.78, 5) is 4.45. The first kappa shape index (κ1) is 14.4. The third kappa shape index (κ3) is 2.40. The van der Waals surface area contributed by atoms with Crippen LogP contribution in [0.5, 0.6) is 0 Å². The number of aryl methyl sites for hydroxylation is 1. The van der Waals surface area contributed by atoms with Crippen LogP contribution in [0.3, 0.4) is 0 Å². The summed E-state index contributed by atoms with van der Waals surface area (Å²) in [6.07, 6.45) is 2.80. The second-order valence-electron chi connectivity index (χ2n) is 4.81. The van der Waals surface area contributed by atoms with Crippen LogP contribution >= 0.6 is 23.7 Å². The number of thiazole rings is 1. The zero-order chi connectivity index (χ0) is 12.6. The SMILES string of the molecule is Cc1ccc(C2(c3nccs3)CCNC2)cc1F.Cl. The quantitative estimate of drug-likeness (QED) is 0.920. The fraction of sp³-hybridized carbons (Fsp3) is 0.357. The third-order valence-corrected chi connectivity index (χ3v) is 4.70. The number of halogens is 2. The molecule has 1 atom stereocenters. The fourth-order valence-electron chi connectivity index (χ4n) is 2.59. The zero-order valence-corrected chi connectivity index (χ0v) is 12.3. The molecule has 1 aliphatic rings. The zero-order valence-electron chi connectivity index (χ0n) is 10.6. The number of aromatic nitrogens is 1. The Bertz CT molecular complexity index is 551. The highest BCUT2D eigenvalue weighted by atomic mass is 35.5. The summed E-state index contributed by atoms with van der Waals surface area (Å²) in [7, 11) is 0. The Kier molecular flexibility index (Phi) is 4.23. The van der Waals surface area contributed by atoms with Crippen molar-refractivity contribution in [1.29, 1.82) is 0 Å². The van der Waals surface area contributed by atoms with E-state index in [4.69, 9.17) is 0 Å². The van der Waals surface area contributed by atoms with Crippen molar-refractivity contribution in [3.05, 3.63) is 51.7 Å². The van der Waals surface area contributed by atoms with Crippen molar-refractivity contribution in [3.63, 3.8) is 0 Å². The van der Waals surface area contributed by atoms with Crippen molar-refractivity contribution in [1.82, 2.24) is 10.3 Å². The Balaban J connectivity index is 0.00000133. The molecule has 3 rings (SSSR count). The first-order valence-corrected chi connectivity index (χ1v) is 6.98. The van der Waals surface area contributed by atoms with E-state index in [9.17, 15) is 4.39 Å². The molecular formula is C14H16ClFN2S. The van der Waals surface area contributed by atoms with Gasteiger partial charge in [-0.1, -0.05) is 12.1 Å². The average Bonchev–Trinajstić information content (AvgIpc) is 3.01.